The van der Waals surface area contributed by atoms with Gasteiger partial charge in [0.05, 0.1) is 5.25 Å². The summed E-state index contributed by atoms with van der Waals surface area (Å²) in [5, 5.41) is 10.1. The maximum atomic E-state index is 14.4. The van der Waals surface area contributed by atoms with E-state index in [4.69, 9.17) is 4.74 Å². The number of unbranched alkanes of at least 4 members (excludes halogenated alkanes) is 2. The molecule has 14 nitrogen and oxygen atoms in total. The fourth-order valence-corrected chi connectivity index (χ4v) is 8.49. The van der Waals surface area contributed by atoms with Crippen LogP contribution in [0.3, 0.4) is 0 Å². The number of sulfonamides is 1. The molecule has 0 unspecified atom stereocenters. The number of benzene rings is 1. The van der Waals surface area contributed by atoms with Crippen LogP contribution in [0.2, 0.25) is 0 Å². The quantitative estimate of drug-likeness (QED) is 0.181. The number of hydrogen-bond donors (Lipinski definition) is 4. The van der Waals surface area contributed by atoms with E-state index in [1.807, 2.05) is 30.3 Å². The molecule has 290 valence electrons. The van der Waals surface area contributed by atoms with Crippen molar-refractivity contribution in [2.24, 2.45) is 5.92 Å². The van der Waals surface area contributed by atoms with Crippen molar-refractivity contribution < 1.29 is 37.1 Å². The van der Waals surface area contributed by atoms with Gasteiger partial charge in [-0.25, -0.2) is 18.2 Å². The van der Waals surface area contributed by atoms with Crippen molar-refractivity contribution >= 4 is 51.1 Å². The largest absolute Gasteiger partial charge is 0.444 e. The summed E-state index contributed by atoms with van der Waals surface area (Å²) >= 11 is 1.32. The highest BCUT2D eigenvalue weighted by Gasteiger charge is 2.55. The number of nitrogens with zero attached hydrogens (tertiary/aromatic N) is 2. The fourth-order valence-electron chi connectivity index (χ4n) is 6.31. The molecule has 1 aromatic heterocycles. The van der Waals surface area contributed by atoms with Crippen LogP contribution in [0.5, 0.6) is 0 Å². The molecule has 2 aliphatic carbocycles. The summed E-state index contributed by atoms with van der Waals surface area (Å²) in [6, 6.07) is 6.61. The van der Waals surface area contributed by atoms with Gasteiger partial charge < -0.3 is 25.6 Å². The summed E-state index contributed by atoms with van der Waals surface area (Å²) < 4.78 is 32.7. The molecule has 3 aliphatic rings. The lowest BCUT2D eigenvalue weighted by Gasteiger charge is -2.30. The SMILES string of the molecule is CC(C)CCCCC[C@H](NC(=O)OC(C)(C)C)C(=O)N1C[C@H](NC(=O)c2csc(-c3ccccc3)n2)C[C@H]1C(=O)NC1(C(=O)NS(=O)(=O)C2CC2)CC1. The summed E-state index contributed by atoms with van der Waals surface area (Å²) in [5.41, 5.74) is -1.19. The molecular weight excluding hydrogens is 721 g/mol. The van der Waals surface area contributed by atoms with E-state index < -0.39 is 74.3 Å². The van der Waals surface area contributed by atoms with Crippen molar-refractivity contribution in [2.45, 2.75) is 133 Å². The number of ether oxygens (including phenoxy) is 1. The van der Waals surface area contributed by atoms with E-state index in [2.05, 4.69) is 39.5 Å². The van der Waals surface area contributed by atoms with E-state index in [-0.39, 0.29) is 31.5 Å². The molecule has 5 amide bonds. The molecular formula is C37H52N6O8S2. The van der Waals surface area contributed by atoms with Gasteiger partial charge in [-0.05, 0) is 65.2 Å². The molecule has 53 heavy (non-hydrogen) atoms. The zero-order valence-corrected chi connectivity index (χ0v) is 32.7. The Labute approximate surface area is 315 Å². The summed E-state index contributed by atoms with van der Waals surface area (Å²) in [7, 11) is -3.85. The first-order valence-electron chi connectivity index (χ1n) is 18.5. The average Bonchev–Trinajstić information content (AvgIpc) is 3.99. The number of likely N-dealkylation sites (tertiary alicyclic amines) is 1. The van der Waals surface area contributed by atoms with Gasteiger partial charge in [0.15, 0.2) is 0 Å². The topological polar surface area (TPSA) is 193 Å². The molecule has 0 spiro atoms. The maximum Gasteiger partial charge on any atom is 0.408 e. The highest BCUT2D eigenvalue weighted by Crippen LogP contribution is 2.38. The molecule has 0 bridgehead atoms. The van der Waals surface area contributed by atoms with Crippen molar-refractivity contribution in [3.05, 3.63) is 41.4 Å². The van der Waals surface area contributed by atoms with Gasteiger partial charge in [-0.1, -0.05) is 69.9 Å². The summed E-state index contributed by atoms with van der Waals surface area (Å²) in [5.74, 6) is -1.93. The van der Waals surface area contributed by atoms with Crippen molar-refractivity contribution in [3.63, 3.8) is 0 Å². The third kappa shape index (κ3) is 11.0. The van der Waals surface area contributed by atoms with Crippen molar-refractivity contribution in [3.8, 4) is 10.6 Å². The minimum atomic E-state index is -3.85. The number of carbonyl (C=O) groups excluding carboxylic acids is 5. The first kappa shape index (κ1) is 40.1. The van der Waals surface area contributed by atoms with Gasteiger partial charge in [-0.2, -0.15) is 0 Å². The zero-order valence-electron chi connectivity index (χ0n) is 31.1. The third-order valence-electron chi connectivity index (χ3n) is 9.49. The van der Waals surface area contributed by atoms with Crippen LogP contribution in [0.15, 0.2) is 35.7 Å². The molecule has 2 aromatic rings. The van der Waals surface area contributed by atoms with Crippen LogP contribution in [0.4, 0.5) is 4.79 Å². The fraction of sp³-hybridized carbons (Fsp3) is 0.622. The molecule has 3 fully saturated rings. The second kappa shape index (κ2) is 16.5. The Bertz CT molecular complexity index is 1770. The monoisotopic (exact) mass is 772 g/mol. The van der Waals surface area contributed by atoms with Gasteiger partial charge in [0.25, 0.3) is 11.8 Å². The number of nitrogens with one attached hydrogen (secondary N) is 4. The molecule has 4 N–H and O–H groups in total. The number of thiazole rings is 1. The van der Waals surface area contributed by atoms with E-state index in [0.29, 0.717) is 36.6 Å². The number of alkyl carbamates (subject to hydrolysis) is 1. The van der Waals surface area contributed by atoms with Crippen molar-refractivity contribution in [2.75, 3.05) is 6.54 Å². The zero-order chi connectivity index (χ0) is 38.6. The normalized spacial score (nSPS) is 20.0. The number of hydrogen-bond acceptors (Lipinski definition) is 10. The highest BCUT2D eigenvalue weighted by atomic mass is 32.2. The number of carbonyl (C=O) groups is 5. The Balaban J connectivity index is 1.34. The van der Waals surface area contributed by atoms with E-state index in [0.717, 1.165) is 24.8 Å². The Hall–Kier alpha value is -4.05. The molecule has 0 radical (unpaired) electrons. The summed E-state index contributed by atoms with van der Waals surface area (Å²) in [6.45, 7) is 9.38. The molecule has 1 saturated heterocycles. The predicted octanol–water partition coefficient (Wildman–Crippen LogP) is 4.27. The van der Waals surface area contributed by atoms with Crippen LogP contribution in [0.25, 0.3) is 10.6 Å². The van der Waals surface area contributed by atoms with E-state index in [9.17, 15) is 32.4 Å². The van der Waals surface area contributed by atoms with Gasteiger partial charge in [-0.3, -0.25) is 23.9 Å². The molecule has 2 saturated carbocycles. The van der Waals surface area contributed by atoms with Crippen LogP contribution < -0.4 is 20.7 Å². The lowest BCUT2D eigenvalue weighted by atomic mass is 10.0. The molecule has 1 aromatic carbocycles. The second-order valence-corrected chi connectivity index (χ2v) is 18.6. The lowest BCUT2D eigenvalue weighted by molar-refractivity contribution is -0.141. The Morgan fingerprint density at radius 1 is 1.02 bits per heavy atom. The van der Waals surface area contributed by atoms with Gasteiger partial charge in [0.1, 0.15) is 33.9 Å². The van der Waals surface area contributed by atoms with Gasteiger partial charge in [0.2, 0.25) is 21.8 Å². The summed E-state index contributed by atoms with van der Waals surface area (Å²) in [4.78, 5) is 73.8. The summed E-state index contributed by atoms with van der Waals surface area (Å²) in [6.07, 6.45) is 4.40. The number of aromatic nitrogens is 1. The Morgan fingerprint density at radius 2 is 1.70 bits per heavy atom. The first-order valence-corrected chi connectivity index (χ1v) is 20.9. The lowest BCUT2D eigenvalue weighted by Crippen LogP contribution is -2.57. The average molecular weight is 773 g/mol. The number of rotatable bonds is 16. The van der Waals surface area contributed by atoms with E-state index >= 15 is 0 Å². The third-order valence-corrected chi connectivity index (χ3v) is 12.2. The first-order chi connectivity index (χ1) is 25.0. The molecule has 2 heterocycles. The van der Waals surface area contributed by atoms with Gasteiger partial charge in [-0.15, -0.1) is 11.3 Å². The van der Waals surface area contributed by atoms with E-state index in [1.54, 1.807) is 26.2 Å². The standard InChI is InChI=1S/C37H52N6O8S2/c1-23(2)12-8-6-11-15-27(40-35(48)51-36(3,4)5)33(46)43-21-25(38-30(44)28-22-52-32(39-28)24-13-9-7-10-14-24)20-29(43)31(45)41-37(18-19-37)34(47)42-53(49,50)26-16-17-26/h7,9-10,13-14,22-23,25-27,29H,6,8,11-12,15-21H2,1-5H3,(H,38,44)(H,40,48)(H,41,45)(H,42,47)/t25-,27+,29+/m1/s1. The number of amides is 5. The maximum absolute atomic E-state index is 14.4. The minimum Gasteiger partial charge on any atom is -0.444 e. The van der Waals surface area contributed by atoms with Crippen LogP contribution in [0.1, 0.15) is 109 Å². The van der Waals surface area contributed by atoms with Crippen LogP contribution in [-0.2, 0) is 29.1 Å². The highest BCUT2D eigenvalue weighted by molar-refractivity contribution is 7.91. The Morgan fingerprint density at radius 3 is 2.32 bits per heavy atom. The van der Waals surface area contributed by atoms with Crippen LogP contribution in [-0.4, -0.2) is 89.1 Å². The molecule has 16 heteroatoms. The Kier molecular flexibility index (Phi) is 12.5. The van der Waals surface area contributed by atoms with Gasteiger partial charge in [0, 0.05) is 23.5 Å². The van der Waals surface area contributed by atoms with E-state index in [1.165, 1.54) is 16.2 Å². The molecule has 5 rings (SSSR count). The predicted molar refractivity (Wildman–Crippen MR) is 200 cm³/mol. The van der Waals surface area contributed by atoms with Crippen molar-refractivity contribution in [1.82, 2.24) is 30.6 Å². The molecule has 3 atom stereocenters. The van der Waals surface area contributed by atoms with Crippen LogP contribution in [0, 0.1) is 5.92 Å². The van der Waals surface area contributed by atoms with Crippen molar-refractivity contribution in [1.29, 1.82) is 0 Å². The minimum absolute atomic E-state index is 0.0185. The molecule has 1 aliphatic heterocycles. The van der Waals surface area contributed by atoms with Crippen LogP contribution >= 0.6 is 11.3 Å². The van der Waals surface area contributed by atoms with Gasteiger partial charge >= 0.3 is 6.09 Å². The smallest absolute Gasteiger partial charge is 0.408 e. The second-order valence-electron chi connectivity index (χ2n) is 15.8.